The van der Waals surface area contributed by atoms with Gasteiger partial charge in [-0.15, -0.1) is 0 Å². The number of likely N-dealkylation sites (N-methyl/N-ethyl adjacent to an activating group) is 1. The Morgan fingerprint density at radius 2 is 1.23 bits per heavy atom. The van der Waals surface area contributed by atoms with E-state index >= 15 is 0 Å². The molecule has 4 rings (SSSR count). The lowest BCUT2D eigenvalue weighted by molar-refractivity contribution is -0.134. The van der Waals surface area contributed by atoms with Crippen LogP contribution in [0.3, 0.4) is 0 Å². The van der Waals surface area contributed by atoms with Gasteiger partial charge in [-0.25, -0.2) is 24.2 Å². The summed E-state index contributed by atoms with van der Waals surface area (Å²) in [6, 6.07) is 17.6. The Hall–Kier alpha value is -5.67. The van der Waals surface area contributed by atoms with Gasteiger partial charge >= 0.3 is 23.9 Å². The summed E-state index contributed by atoms with van der Waals surface area (Å²) in [5.74, 6) is -3.80. The lowest BCUT2D eigenvalue weighted by atomic mass is 10.1. The van der Waals surface area contributed by atoms with Gasteiger partial charge in [0.25, 0.3) is 0 Å². The highest BCUT2D eigenvalue weighted by molar-refractivity contribution is 5.96. The molecule has 1 aromatic heterocycles. The predicted molar refractivity (Wildman–Crippen MR) is 174 cm³/mol. The molecule has 3 aromatic rings. The largest absolute Gasteiger partial charge is 0.478 e. The smallest absolute Gasteiger partial charge is 0.328 e. The number of fused-ring (bicyclic) bond motifs is 1. The molecule has 1 aliphatic heterocycles. The van der Waals surface area contributed by atoms with Gasteiger partial charge in [-0.05, 0) is 19.1 Å². The topological polar surface area (TPSA) is 220 Å². The van der Waals surface area contributed by atoms with Gasteiger partial charge in [-0.1, -0.05) is 42.5 Å². The van der Waals surface area contributed by atoms with Crippen LogP contribution in [0.25, 0.3) is 11.0 Å². The first kappa shape index (κ1) is 38.5. The molecule has 2 aromatic carbocycles. The number of carbonyl (C=O) groups is 6. The molecule has 1 saturated heterocycles. The first-order chi connectivity index (χ1) is 22.9. The van der Waals surface area contributed by atoms with Crippen LogP contribution in [0.15, 0.2) is 78.9 Å². The minimum Gasteiger partial charge on any atom is -0.478 e. The van der Waals surface area contributed by atoms with E-state index in [9.17, 15) is 28.8 Å². The third-order valence-electron chi connectivity index (χ3n) is 6.70. The van der Waals surface area contributed by atoms with Crippen LogP contribution in [0.5, 0.6) is 0 Å². The molecule has 0 radical (unpaired) electrons. The molecule has 1 amide bonds. The molecule has 256 valence electrons. The Bertz CT molecular complexity index is 1540. The van der Waals surface area contributed by atoms with E-state index in [-0.39, 0.29) is 11.7 Å². The number of para-hydroxylation sites is 2. The van der Waals surface area contributed by atoms with Crippen molar-refractivity contribution in [3.63, 3.8) is 0 Å². The quantitative estimate of drug-likeness (QED) is 0.130. The van der Waals surface area contributed by atoms with Gasteiger partial charge in [-0.3, -0.25) is 19.4 Å². The van der Waals surface area contributed by atoms with Crippen LogP contribution < -0.4 is 5.32 Å². The zero-order chi connectivity index (χ0) is 35.5. The summed E-state index contributed by atoms with van der Waals surface area (Å²) in [5, 5.41) is 34.1. The summed E-state index contributed by atoms with van der Waals surface area (Å²) in [6.07, 6.45) is 2.67. The second kappa shape index (κ2) is 20.5. The second-order valence-electron chi connectivity index (χ2n) is 10.2. The SMILES string of the molecule is CCNC(=O)CN1CCN(Cc2nc3ccccc3n2CCC(=O)c2ccccc2)CC1.O=C(O)/C=C/C(=O)O.O=C(O)/C=C/C(=O)O. The number of Topliss-reactive ketones (excluding diaryl/α,β-unsaturated/α-hetero) is 1. The van der Waals surface area contributed by atoms with E-state index in [0.29, 0.717) is 50.4 Å². The number of aliphatic carboxylic acids is 4. The molecular formula is C33H39N5O10. The number of aryl methyl sites for hydroxylation is 1. The maximum absolute atomic E-state index is 12.7. The van der Waals surface area contributed by atoms with Crippen LogP contribution in [-0.2, 0) is 37.1 Å². The molecule has 5 N–H and O–H groups in total. The van der Waals surface area contributed by atoms with Crippen molar-refractivity contribution in [2.45, 2.75) is 26.4 Å². The molecule has 1 aliphatic rings. The highest BCUT2D eigenvalue weighted by atomic mass is 16.4. The number of carboxylic acids is 4. The maximum atomic E-state index is 12.7. The van der Waals surface area contributed by atoms with E-state index in [1.807, 2.05) is 55.5 Å². The number of nitrogens with one attached hydrogen (secondary N) is 1. The minimum atomic E-state index is -1.26. The Balaban J connectivity index is 0.000000414. The molecule has 15 nitrogen and oxygen atoms in total. The fourth-order valence-electron chi connectivity index (χ4n) is 4.52. The van der Waals surface area contributed by atoms with Gasteiger partial charge in [0.15, 0.2) is 5.78 Å². The van der Waals surface area contributed by atoms with Crippen molar-refractivity contribution < 1.29 is 49.2 Å². The van der Waals surface area contributed by atoms with Gasteiger partial charge < -0.3 is 30.3 Å². The van der Waals surface area contributed by atoms with Gasteiger partial charge in [-0.2, -0.15) is 0 Å². The number of nitrogens with zero attached hydrogens (tertiary/aromatic N) is 4. The molecule has 2 heterocycles. The Kier molecular flexibility index (Phi) is 16.4. The summed E-state index contributed by atoms with van der Waals surface area (Å²) in [7, 11) is 0. The van der Waals surface area contributed by atoms with E-state index in [0.717, 1.165) is 55.1 Å². The van der Waals surface area contributed by atoms with E-state index in [4.69, 9.17) is 25.4 Å². The first-order valence-corrected chi connectivity index (χ1v) is 14.9. The molecule has 1 fully saturated rings. The van der Waals surface area contributed by atoms with Gasteiger partial charge in [0.2, 0.25) is 5.91 Å². The average Bonchev–Trinajstić information content (AvgIpc) is 3.40. The fraction of sp³-hybridized carbons (Fsp3) is 0.303. The van der Waals surface area contributed by atoms with Crippen molar-refractivity contribution in [1.29, 1.82) is 0 Å². The summed E-state index contributed by atoms with van der Waals surface area (Å²) in [6.45, 7) is 7.94. The number of aromatic nitrogens is 2. The monoisotopic (exact) mass is 665 g/mol. The molecule has 0 bridgehead atoms. The number of ketones is 1. The molecule has 0 aliphatic carbocycles. The highest BCUT2D eigenvalue weighted by Crippen LogP contribution is 2.19. The maximum Gasteiger partial charge on any atom is 0.328 e. The summed E-state index contributed by atoms with van der Waals surface area (Å²) < 4.78 is 2.19. The highest BCUT2D eigenvalue weighted by Gasteiger charge is 2.21. The number of hydrogen-bond acceptors (Lipinski definition) is 9. The molecule has 15 heteroatoms. The number of imidazole rings is 1. The Morgan fingerprint density at radius 3 is 1.75 bits per heavy atom. The van der Waals surface area contributed by atoms with Crippen LogP contribution in [0.4, 0.5) is 0 Å². The van der Waals surface area contributed by atoms with Crippen LogP contribution in [0, 0.1) is 0 Å². The third kappa shape index (κ3) is 14.6. The van der Waals surface area contributed by atoms with E-state index in [1.54, 1.807) is 0 Å². The minimum absolute atomic E-state index is 0.0887. The number of rotatable bonds is 13. The predicted octanol–water partition coefficient (Wildman–Crippen LogP) is 1.99. The number of carbonyl (C=O) groups excluding carboxylic acids is 2. The lowest BCUT2D eigenvalue weighted by Crippen LogP contribution is -2.49. The van der Waals surface area contributed by atoms with Crippen LogP contribution >= 0.6 is 0 Å². The molecule has 48 heavy (non-hydrogen) atoms. The van der Waals surface area contributed by atoms with Gasteiger partial charge in [0.1, 0.15) is 5.82 Å². The number of piperazine rings is 1. The van der Waals surface area contributed by atoms with Crippen molar-refractivity contribution in [2.24, 2.45) is 0 Å². The van der Waals surface area contributed by atoms with Crippen molar-refractivity contribution in [3.8, 4) is 0 Å². The average molecular weight is 666 g/mol. The molecule has 0 atom stereocenters. The molecule has 0 unspecified atom stereocenters. The summed E-state index contributed by atoms with van der Waals surface area (Å²) in [5.41, 5.74) is 2.78. The number of hydrogen-bond donors (Lipinski definition) is 5. The zero-order valence-electron chi connectivity index (χ0n) is 26.4. The van der Waals surface area contributed by atoms with Crippen molar-refractivity contribution >= 4 is 46.6 Å². The van der Waals surface area contributed by atoms with Crippen molar-refractivity contribution in [2.75, 3.05) is 39.3 Å². The zero-order valence-corrected chi connectivity index (χ0v) is 26.4. The van der Waals surface area contributed by atoms with Crippen LogP contribution in [0.2, 0.25) is 0 Å². The molecular weight excluding hydrogens is 626 g/mol. The number of benzene rings is 2. The van der Waals surface area contributed by atoms with Crippen molar-refractivity contribution in [3.05, 3.63) is 90.3 Å². The van der Waals surface area contributed by atoms with Gasteiger partial charge in [0.05, 0.1) is 24.1 Å². The number of carboxylic acid groups (broad SMARTS) is 4. The normalized spacial score (nSPS) is 13.3. The second-order valence-corrected chi connectivity index (χ2v) is 10.2. The van der Waals surface area contributed by atoms with Crippen molar-refractivity contribution in [1.82, 2.24) is 24.7 Å². The first-order valence-electron chi connectivity index (χ1n) is 14.9. The number of amides is 1. The van der Waals surface area contributed by atoms with E-state index in [1.165, 1.54) is 0 Å². The fourth-order valence-corrected chi connectivity index (χ4v) is 4.52. The van der Waals surface area contributed by atoms with E-state index < -0.39 is 23.9 Å². The van der Waals surface area contributed by atoms with E-state index in [2.05, 4.69) is 25.8 Å². The standard InChI is InChI=1S/C25H31N5O2.2C4H4O4/c1-2-26-25(32)19-29-16-14-28(15-17-29)18-24-27-21-10-6-7-11-22(21)30(24)13-12-23(31)20-8-4-3-5-9-20;2*5-3(6)1-2-4(7)8/h3-11H,2,12-19H2,1H3,(H,26,32);2*1-2H,(H,5,6)(H,7,8)/b;2*2-1+. The summed E-state index contributed by atoms with van der Waals surface area (Å²) >= 11 is 0. The molecule has 0 spiro atoms. The third-order valence-corrected chi connectivity index (χ3v) is 6.70. The van der Waals surface area contributed by atoms with Gasteiger partial charge in [0, 0.05) is 75.6 Å². The molecule has 0 saturated carbocycles. The van der Waals surface area contributed by atoms with Crippen LogP contribution in [-0.4, -0.2) is 115 Å². The summed E-state index contributed by atoms with van der Waals surface area (Å²) in [4.78, 5) is 72.2. The Labute approximate surface area is 276 Å². The van der Waals surface area contributed by atoms with Crippen LogP contribution in [0.1, 0.15) is 29.5 Å². The Morgan fingerprint density at radius 1 is 0.729 bits per heavy atom. The lowest BCUT2D eigenvalue weighted by Gasteiger charge is -2.34.